The molecule has 3 rings (SSSR count). The SMILES string of the molecule is CC1CCCC(O)(C2CCOC3(CCSCC3)C2)C1. The van der Waals surface area contributed by atoms with Crippen molar-refractivity contribution in [3.05, 3.63) is 0 Å². The highest BCUT2D eigenvalue weighted by Gasteiger charge is 2.47. The van der Waals surface area contributed by atoms with Crippen molar-refractivity contribution in [3.63, 3.8) is 0 Å². The maximum atomic E-state index is 11.1. The molecule has 1 aliphatic carbocycles. The predicted molar refractivity (Wildman–Crippen MR) is 80.5 cm³/mol. The molecule has 0 bridgehead atoms. The second-order valence-electron chi connectivity index (χ2n) is 7.14. The molecule has 2 aliphatic heterocycles. The Morgan fingerprint density at radius 3 is 2.63 bits per heavy atom. The van der Waals surface area contributed by atoms with E-state index in [-0.39, 0.29) is 11.2 Å². The zero-order valence-corrected chi connectivity index (χ0v) is 13.0. The highest BCUT2D eigenvalue weighted by Crippen LogP contribution is 2.47. The summed E-state index contributed by atoms with van der Waals surface area (Å²) in [5.41, 5.74) is -0.274. The molecular weight excluding hydrogens is 256 g/mol. The largest absolute Gasteiger partial charge is 0.390 e. The van der Waals surface area contributed by atoms with Gasteiger partial charge < -0.3 is 9.84 Å². The quantitative estimate of drug-likeness (QED) is 0.797. The fourth-order valence-electron chi connectivity index (χ4n) is 4.51. The number of rotatable bonds is 1. The lowest BCUT2D eigenvalue weighted by Crippen LogP contribution is -2.51. The predicted octanol–water partition coefficient (Wildman–Crippen LogP) is 3.62. The van der Waals surface area contributed by atoms with Crippen LogP contribution in [-0.4, -0.2) is 34.4 Å². The Balaban J connectivity index is 1.70. The van der Waals surface area contributed by atoms with Crippen LogP contribution in [0.1, 0.15) is 58.3 Å². The Labute approximate surface area is 121 Å². The molecule has 1 saturated carbocycles. The number of hydrogen-bond acceptors (Lipinski definition) is 3. The Morgan fingerprint density at radius 2 is 1.89 bits per heavy atom. The molecule has 0 aromatic heterocycles. The van der Waals surface area contributed by atoms with Crippen molar-refractivity contribution in [1.29, 1.82) is 0 Å². The minimum Gasteiger partial charge on any atom is -0.390 e. The highest BCUT2D eigenvalue weighted by atomic mass is 32.2. The van der Waals surface area contributed by atoms with Crippen LogP contribution in [0.25, 0.3) is 0 Å². The van der Waals surface area contributed by atoms with Crippen molar-refractivity contribution in [2.24, 2.45) is 11.8 Å². The first-order valence-electron chi connectivity index (χ1n) is 8.06. The van der Waals surface area contributed by atoms with Gasteiger partial charge in [-0.15, -0.1) is 0 Å². The zero-order valence-electron chi connectivity index (χ0n) is 12.2. The van der Waals surface area contributed by atoms with Crippen molar-refractivity contribution < 1.29 is 9.84 Å². The summed E-state index contributed by atoms with van der Waals surface area (Å²) >= 11 is 2.06. The zero-order chi connectivity index (χ0) is 13.3. The lowest BCUT2D eigenvalue weighted by molar-refractivity contribution is -0.158. The fraction of sp³-hybridized carbons (Fsp3) is 1.00. The van der Waals surface area contributed by atoms with Crippen molar-refractivity contribution in [3.8, 4) is 0 Å². The van der Waals surface area contributed by atoms with Gasteiger partial charge in [0, 0.05) is 6.61 Å². The summed E-state index contributed by atoms with van der Waals surface area (Å²) in [7, 11) is 0. The average Bonchev–Trinajstić information content (AvgIpc) is 2.39. The Morgan fingerprint density at radius 1 is 1.11 bits per heavy atom. The van der Waals surface area contributed by atoms with Gasteiger partial charge in [-0.1, -0.05) is 19.8 Å². The third kappa shape index (κ3) is 2.98. The first kappa shape index (κ1) is 14.2. The molecule has 2 saturated heterocycles. The molecule has 2 nitrogen and oxygen atoms in total. The highest BCUT2D eigenvalue weighted by molar-refractivity contribution is 7.99. The van der Waals surface area contributed by atoms with Crippen LogP contribution < -0.4 is 0 Å². The topological polar surface area (TPSA) is 29.5 Å². The van der Waals surface area contributed by atoms with Crippen LogP contribution in [-0.2, 0) is 4.74 Å². The number of ether oxygens (including phenoxy) is 1. The second kappa shape index (κ2) is 5.57. The monoisotopic (exact) mass is 284 g/mol. The second-order valence-corrected chi connectivity index (χ2v) is 8.36. The number of thioether (sulfide) groups is 1. The van der Waals surface area contributed by atoms with Gasteiger partial charge in [0.1, 0.15) is 0 Å². The van der Waals surface area contributed by atoms with E-state index in [1.807, 2.05) is 0 Å². The van der Waals surface area contributed by atoms with E-state index in [1.165, 1.54) is 37.2 Å². The van der Waals surface area contributed by atoms with Gasteiger partial charge in [-0.05, 0) is 61.9 Å². The number of hydrogen-bond donors (Lipinski definition) is 1. The molecule has 3 aliphatic rings. The van der Waals surface area contributed by atoms with Crippen LogP contribution in [0, 0.1) is 11.8 Å². The van der Waals surface area contributed by atoms with Crippen LogP contribution in [0.3, 0.4) is 0 Å². The van der Waals surface area contributed by atoms with Crippen molar-refractivity contribution in [2.75, 3.05) is 18.1 Å². The summed E-state index contributed by atoms with van der Waals surface area (Å²) < 4.78 is 6.17. The molecule has 2 heterocycles. The lowest BCUT2D eigenvalue weighted by Gasteiger charge is -2.50. The van der Waals surface area contributed by atoms with Crippen LogP contribution >= 0.6 is 11.8 Å². The van der Waals surface area contributed by atoms with Gasteiger partial charge in [0.25, 0.3) is 0 Å². The van der Waals surface area contributed by atoms with E-state index in [4.69, 9.17) is 4.74 Å². The first-order valence-corrected chi connectivity index (χ1v) is 9.22. The maximum Gasteiger partial charge on any atom is 0.0702 e. The van der Waals surface area contributed by atoms with Gasteiger partial charge in [-0.3, -0.25) is 0 Å². The van der Waals surface area contributed by atoms with Crippen molar-refractivity contribution in [1.82, 2.24) is 0 Å². The maximum absolute atomic E-state index is 11.1. The normalized spacial score (nSPS) is 43.3. The molecule has 3 unspecified atom stereocenters. The molecule has 0 aromatic rings. The van der Waals surface area contributed by atoms with E-state index in [9.17, 15) is 5.11 Å². The van der Waals surface area contributed by atoms with Crippen LogP contribution in [0.15, 0.2) is 0 Å². The fourth-order valence-corrected chi connectivity index (χ4v) is 5.75. The van der Waals surface area contributed by atoms with Gasteiger partial charge >= 0.3 is 0 Å². The molecule has 0 aromatic carbocycles. The van der Waals surface area contributed by atoms with E-state index in [0.717, 1.165) is 32.3 Å². The van der Waals surface area contributed by atoms with Gasteiger partial charge in [-0.25, -0.2) is 0 Å². The molecular formula is C16H28O2S. The van der Waals surface area contributed by atoms with Crippen LogP contribution in [0.5, 0.6) is 0 Å². The third-order valence-electron chi connectivity index (χ3n) is 5.67. The van der Waals surface area contributed by atoms with E-state index in [2.05, 4.69) is 18.7 Å². The summed E-state index contributed by atoms with van der Waals surface area (Å²) in [6.07, 6.45) is 9.11. The first-order chi connectivity index (χ1) is 9.12. The molecule has 0 amide bonds. The van der Waals surface area contributed by atoms with E-state index in [1.54, 1.807) is 0 Å². The van der Waals surface area contributed by atoms with Gasteiger partial charge in [0.2, 0.25) is 0 Å². The molecule has 110 valence electrons. The van der Waals surface area contributed by atoms with Crippen LogP contribution in [0.4, 0.5) is 0 Å². The molecule has 3 atom stereocenters. The summed E-state index contributed by atoms with van der Waals surface area (Å²) in [5.74, 6) is 3.65. The summed E-state index contributed by atoms with van der Waals surface area (Å²) in [5, 5.41) is 11.1. The van der Waals surface area contributed by atoms with Crippen molar-refractivity contribution >= 4 is 11.8 Å². The molecule has 19 heavy (non-hydrogen) atoms. The Hall–Kier alpha value is 0.270. The lowest BCUT2D eigenvalue weighted by atomic mass is 9.66. The Bertz CT molecular complexity index is 308. The minimum absolute atomic E-state index is 0.116. The standard InChI is InChI=1S/C16H28O2S/c1-13-3-2-5-16(17,11-13)14-4-8-18-15(12-14)6-9-19-10-7-15/h13-14,17H,2-12H2,1H3. The van der Waals surface area contributed by atoms with Gasteiger partial charge in [-0.2, -0.15) is 11.8 Å². The van der Waals surface area contributed by atoms with E-state index < -0.39 is 0 Å². The molecule has 3 fully saturated rings. The number of aliphatic hydroxyl groups is 1. The minimum atomic E-state index is -0.390. The Kier molecular flexibility index (Phi) is 4.17. The summed E-state index contributed by atoms with van der Waals surface area (Å²) in [4.78, 5) is 0. The van der Waals surface area contributed by atoms with E-state index in [0.29, 0.717) is 11.8 Å². The summed E-state index contributed by atoms with van der Waals surface area (Å²) in [6.45, 7) is 3.17. The average molecular weight is 284 g/mol. The summed E-state index contributed by atoms with van der Waals surface area (Å²) in [6, 6.07) is 0. The van der Waals surface area contributed by atoms with Gasteiger partial charge in [0.05, 0.1) is 11.2 Å². The smallest absolute Gasteiger partial charge is 0.0702 e. The van der Waals surface area contributed by atoms with E-state index >= 15 is 0 Å². The molecule has 0 radical (unpaired) electrons. The third-order valence-corrected chi connectivity index (χ3v) is 6.65. The van der Waals surface area contributed by atoms with Crippen molar-refractivity contribution in [2.45, 2.75) is 69.5 Å². The van der Waals surface area contributed by atoms with Crippen LogP contribution in [0.2, 0.25) is 0 Å². The van der Waals surface area contributed by atoms with Gasteiger partial charge in [0.15, 0.2) is 0 Å². The molecule has 1 N–H and O–H groups in total. The molecule has 1 spiro atoms. The molecule has 3 heteroatoms.